The van der Waals surface area contributed by atoms with E-state index in [0.717, 1.165) is 5.92 Å². The molecule has 0 aromatic rings. The monoisotopic (exact) mass is 224 g/mol. The van der Waals surface area contributed by atoms with E-state index in [1.807, 2.05) is 0 Å². The molecule has 0 amide bonds. The van der Waals surface area contributed by atoms with E-state index in [0.29, 0.717) is 17.6 Å². The molecule has 94 valence electrons. The summed E-state index contributed by atoms with van der Waals surface area (Å²) in [6.07, 6.45) is 5.62. The predicted molar refractivity (Wildman–Crippen MR) is 69.7 cm³/mol. The zero-order valence-corrected chi connectivity index (χ0v) is 11.4. The molecule has 2 aliphatic rings. The fraction of sp³-hybridized carbons (Fsp3) is 1.00. The zero-order chi connectivity index (χ0) is 11.8. The Bertz CT molecular complexity index is 231. The maximum atomic E-state index is 3.70. The number of likely N-dealkylation sites (tertiary alicyclic amines) is 1. The Morgan fingerprint density at radius 2 is 1.88 bits per heavy atom. The van der Waals surface area contributed by atoms with Gasteiger partial charge in [-0.1, -0.05) is 13.8 Å². The Kier molecular flexibility index (Phi) is 3.60. The molecule has 1 aliphatic carbocycles. The average molecular weight is 224 g/mol. The minimum atomic E-state index is 0.442. The van der Waals surface area contributed by atoms with Gasteiger partial charge in [-0.15, -0.1) is 0 Å². The summed E-state index contributed by atoms with van der Waals surface area (Å²) in [4.78, 5) is 2.73. The summed E-state index contributed by atoms with van der Waals surface area (Å²) in [5, 5.41) is 3.70. The summed E-state index contributed by atoms with van der Waals surface area (Å²) < 4.78 is 0. The smallest absolute Gasteiger partial charge is 0.0198 e. The Hall–Kier alpha value is -0.0800. The molecule has 0 radical (unpaired) electrons. The maximum Gasteiger partial charge on any atom is 0.0198 e. The highest BCUT2D eigenvalue weighted by Crippen LogP contribution is 2.43. The average Bonchev–Trinajstić information content (AvgIpc) is 3.00. The molecule has 0 aromatic carbocycles. The van der Waals surface area contributed by atoms with Gasteiger partial charge in [-0.2, -0.15) is 0 Å². The second-order valence-corrected chi connectivity index (χ2v) is 6.53. The lowest BCUT2D eigenvalue weighted by Gasteiger charge is -2.44. The van der Waals surface area contributed by atoms with Gasteiger partial charge in [0.05, 0.1) is 0 Å². The summed E-state index contributed by atoms with van der Waals surface area (Å²) in [5.74, 6) is 0.963. The molecule has 1 heterocycles. The standard InChI is InChI=1S/C14H28N2/c1-11(2)15-13-6-5-9-16(10-13)14(3,4)12-7-8-12/h11-13,15H,5-10H2,1-4H3. The van der Waals surface area contributed by atoms with Crippen molar-refractivity contribution in [1.29, 1.82) is 0 Å². The molecule has 1 aliphatic heterocycles. The summed E-state index contributed by atoms with van der Waals surface area (Å²) in [5.41, 5.74) is 0.442. The van der Waals surface area contributed by atoms with Crippen LogP contribution in [0.4, 0.5) is 0 Å². The molecular formula is C14H28N2. The Labute approximate surface area is 101 Å². The van der Waals surface area contributed by atoms with Gasteiger partial charge in [0.1, 0.15) is 0 Å². The van der Waals surface area contributed by atoms with Gasteiger partial charge < -0.3 is 5.32 Å². The summed E-state index contributed by atoms with van der Waals surface area (Å²) >= 11 is 0. The summed E-state index contributed by atoms with van der Waals surface area (Å²) in [6.45, 7) is 12.0. The third kappa shape index (κ3) is 2.78. The SMILES string of the molecule is CC(C)NC1CCCN(C(C)(C)C2CC2)C1. The van der Waals surface area contributed by atoms with Crippen LogP contribution in [0, 0.1) is 5.92 Å². The molecule has 16 heavy (non-hydrogen) atoms. The normalized spacial score (nSPS) is 28.7. The van der Waals surface area contributed by atoms with Crippen LogP contribution >= 0.6 is 0 Å². The highest BCUT2D eigenvalue weighted by Gasteiger charge is 2.43. The first-order chi connectivity index (χ1) is 7.50. The molecule has 1 saturated heterocycles. The summed E-state index contributed by atoms with van der Waals surface area (Å²) in [6, 6.07) is 1.33. The first-order valence-corrected chi connectivity index (χ1v) is 7.01. The van der Waals surface area contributed by atoms with Gasteiger partial charge in [-0.3, -0.25) is 4.90 Å². The molecule has 2 fully saturated rings. The van der Waals surface area contributed by atoms with Gasteiger partial charge in [0.2, 0.25) is 0 Å². The van der Waals surface area contributed by atoms with Crippen molar-refractivity contribution in [3.8, 4) is 0 Å². The van der Waals surface area contributed by atoms with Crippen molar-refractivity contribution in [2.24, 2.45) is 5.92 Å². The van der Waals surface area contributed by atoms with E-state index < -0.39 is 0 Å². The molecule has 0 bridgehead atoms. The summed E-state index contributed by atoms with van der Waals surface area (Å²) in [7, 11) is 0. The molecular weight excluding hydrogens is 196 g/mol. The van der Waals surface area contributed by atoms with Crippen LogP contribution in [0.15, 0.2) is 0 Å². The van der Waals surface area contributed by atoms with Crippen LogP contribution in [0.25, 0.3) is 0 Å². The number of hydrogen-bond acceptors (Lipinski definition) is 2. The lowest BCUT2D eigenvalue weighted by atomic mass is 9.92. The van der Waals surface area contributed by atoms with Gasteiger partial charge in [0.25, 0.3) is 0 Å². The molecule has 0 aromatic heterocycles. The van der Waals surface area contributed by atoms with E-state index in [9.17, 15) is 0 Å². The minimum Gasteiger partial charge on any atom is -0.311 e. The quantitative estimate of drug-likeness (QED) is 0.790. The highest BCUT2D eigenvalue weighted by molar-refractivity contribution is 4.98. The maximum absolute atomic E-state index is 3.70. The van der Waals surface area contributed by atoms with Gasteiger partial charge in [0, 0.05) is 24.2 Å². The third-order valence-corrected chi connectivity index (χ3v) is 4.38. The van der Waals surface area contributed by atoms with Crippen molar-refractivity contribution >= 4 is 0 Å². The predicted octanol–water partition coefficient (Wildman–Crippen LogP) is 2.64. The molecule has 1 N–H and O–H groups in total. The van der Waals surface area contributed by atoms with Gasteiger partial charge >= 0.3 is 0 Å². The van der Waals surface area contributed by atoms with Crippen LogP contribution in [0.2, 0.25) is 0 Å². The van der Waals surface area contributed by atoms with E-state index in [1.54, 1.807) is 0 Å². The van der Waals surface area contributed by atoms with E-state index in [-0.39, 0.29) is 0 Å². The number of piperidine rings is 1. The molecule has 2 heteroatoms. The number of nitrogens with one attached hydrogen (secondary N) is 1. The van der Waals surface area contributed by atoms with Crippen LogP contribution in [-0.4, -0.2) is 35.6 Å². The van der Waals surface area contributed by atoms with Gasteiger partial charge in [-0.25, -0.2) is 0 Å². The van der Waals surface area contributed by atoms with Crippen molar-refractivity contribution in [3.63, 3.8) is 0 Å². The number of rotatable bonds is 4. The van der Waals surface area contributed by atoms with Crippen molar-refractivity contribution in [3.05, 3.63) is 0 Å². The highest BCUT2D eigenvalue weighted by atomic mass is 15.2. The number of nitrogens with zero attached hydrogens (tertiary/aromatic N) is 1. The molecule has 1 atom stereocenters. The topological polar surface area (TPSA) is 15.3 Å². The van der Waals surface area contributed by atoms with E-state index in [1.165, 1.54) is 38.8 Å². The Morgan fingerprint density at radius 3 is 2.44 bits per heavy atom. The van der Waals surface area contributed by atoms with Crippen molar-refractivity contribution < 1.29 is 0 Å². The van der Waals surface area contributed by atoms with Crippen LogP contribution in [0.5, 0.6) is 0 Å². The van der Waals surface area contributed by atoms with Crippen LogP contribution in [0.3, 0.4) is 0 Å². The molecule has 2 rings (SSSR count). The molecule has 1 saturated carbocycles. The van der Waals surface area contributed by atoms with Gasteiger partial charge in [0.15, 0.2) is 0 Å². The van der Waals surface area contributed by atoms with Crippen LogP contribution in [0.1, 0.15) is 53.4 Å². The molecule has 2 nitrogen and oxygen atoms in total. The third-order valence-electron chi connectivity index (χ3n) is 4.38. The first-order valence-electron chi connectivity index (χ1n) is 7.01. The van der Waals surface area contributed by atoms with Crippen LogP contribution < -0.4 is 5.32 Å². The number of hydrogen-bond donors (Lipinski definition) is 1. The Balaban J connectivity index is 1.90. The Morgan fingerprint density at radius 1 is 1.19 bits per heavy atom. The van der Waals surface area contributed by atoms with Crippen molar-refractivity contribution in [1.82, 2.24) is 10.2 Å². The van der Waals surface area contributed by atoms with E-state index >= 15 is 0 Å². The lowest BCUT2D eigenvalue weighted by Crippen LogP contribution is -2.55. The van der Waals surface area contributed by atoms with E-state index in [4.69, 9.17) is 0 Å². The van der Waals surface area contributed by atoms with Crippen molar-refractivity contribution in [2.45, 2.75) is 71.0 Å². The first kappa shape index (κ1) is 12.4. The lowest BCUT2D eigenvalue weighted by molar-refractivity contribution is 0.0597. The van der Waals surface area contributed by atoms with Gasteiger partial charge in [-0.05, 0) is 52.0 Å². The molecule has 0 spiro atoms. The largest absolute Gasteiger partial charge is 0.311 e. The second kappa shape index (κ2) is 4.66. The van der Waals surface area contributed by atoms with E-state index in [2.05, 4.69) is 37.9 Å². The zero-order valence-electron chi connectivity index (χ0n) is 11.4. The van der Waals surface area contributed by atoms with Crippen molar-refractivity contribution in [2.75, 3.05) is 13.1 Å². The second-order valence-electron chi connectivity index (χ2n) is 6.53. The fourth-order valence-corrected chi connectivity index (χ4v) is 3.16. The molecule has 1 unspecified atom stereocenters. The van der Waals surface area contributed by atoms with Crippen LogP contribution in [-0.2, 0) is 0 Å². The fourth-order valence-electron chi connectivity index (χ4n) is 3.16. The minimum absolute atomic E-state index is 0.442.